The Balaban J connectivity index is 1.47. The average Bonchev–Trinajstić information content (AvgIpc) is 2.98. The van der Waals surface area contributed by atoms with E-state index in [-0.39, 0.29) is 11.4 Å². The molecule has 0 saturated carbocycles. The molecule has 0 N–H and O–H groups in total. The first-order chi connectivity index (χ1) is 11.1. The van der Waals surface area contributed by atoms with Gasteiger partial charge in [0.1, 0.15) is 0 Å². The van der Waals surface area contributed by atoms with Crippen LogP contribution in [0.1, 0.15) is 36.0 Å². The van der Waals surface area contributed by atoms with Gasteiger partial charge in [-0.3, -0.25) is 0 Å². The van der Waals surface area contributed by atoms with Gasteiger partial charge in [-0.15, -0.1) is 0 Å². The molecule has 4 heteroatoms. The number of aryl methyl sites for hydroxylation is 1. The smallest absolute Gasteiger partial charge is 0.338 e. The molecule has 3 saturated heterocycles. The fourth-order valence-electron chi connectivity index (χ4n) is 4.27. The first-order valence-corrected chi connectivity index (χ1v) is 8.83. The van der Waals surface area contributed by atoms with Crippen molar-refractivity contribution in [2.24, 2.45) is 5.41 Å². The predicted molar refractivity (Wildman–Crippen MR) is 91.6 cm³/mol. The topological polar surface area (TPSA) is 29.5 Å². The monoisotopic (exact) mass is 331 g/mol. The van der Waals surface area contributed by atoms with Gasteiger partial charge in [-0.05, 0) is 81.1 Å². The van der Waals surface area contributed by atoms with Crippen LogP contribution in [-0.4, -0.2) is 37.1 Å². The normalized spacial score (nSPS) is 28.4. The highest BCUT2D eigenvalue weighted by Gasteiger charge is 2.40. The van der Waals surface area contributed by atoms with Gasteiger partial charge in [0.2, 0.25) is 0 Å². The molecule has 0 unspecified atom stereocenters. The molecule has 23 heavy (non-hydrogen) atoms. The molecular formula is C19H22ClNO2. The first kappa shape index (κ1) is 15.2. The summed E-state index contributed by atoms with van der Waals surface area (Å²) >= 11 is 6.12. The van der Waals surface area contributed by atoms with Crippen molar-refractivity contribution in [2.75, 3.05) is 26.2 Å². The molecule has 4 aliphatic rings. The second-order valence-electron chi connectivity index (χ2n) is 7.25. The second-order valence-corrected chi connectivity index (χ2v) is 7.68. The number of fused-ring (bicyclic) bond motifs is 4. The lowest BCUT2D eigenvalue weighted by Gasteiger charge is -2.47. The highest BCUT2D eigenvalue weighted by molar-refractivity contribution is 6.31. The second kappa shape index (κ2) is 5.64. The number of piperidine rings is 3. The molecule has 122 valence electrons. The molecule has 0 spiro atoms. The Kier molecular flexibility index (Phi) is 3.73. The maximum atomic E-state index is 12.6. The summed E-state index contributed by atoms with van der Waals surface area (Å²) in [5.74, 6) is -0.170. The van der Waals surface area contributed by atoms with Crippen molar-refractivity contribution in [3.63, 3.8) is 0 Å². The van der Waals surface area contributed by atoms with E-state index in [1.54, 1.807) is 0 Å². The standard InChI is InChI=1S/C19H22ClNO2/c1-13-10-15(20)11-14-2-3-16(17(13)14)18(22)23-12-19-4-7-21(8-5-19)9-6-19/h3,10-11H,2,4-9,12H2,1H3. The van der Waals surface area contributed by atoms with Crippen molar-refractivity contribution < 1.29 is 9.53 Å². The van der Waals surface area contributed by atoms with Crippen LogP contribution < -0.4 is 0 Å². The SMILES string of the molecule is Cc1cc(Cl)cc2c1C(C(=O)OCC13CCN(CC1)CC3)=CC2. The van der Waals surface area contributed by atoms with Crippen molar-refractivity contribution >= 4 is 23.1 Å². The van der Waals surface area contributed by atoms with Gasteiger partial charge < -0.3 is 9.64 Å². The lowest BCUT2D eigenvalue weighted by Crippen LogP contribution is -2.50. The number of hydrogen-bond acceptors (Lipinski definition) is 3. The summed E-state index contributed by atoms with van der Waals surface area (Å²) in [6.45, 7) is 6.04. The Bertz CT molecular complexity index is 673. The molecule has 0 atom stereocenters. The van der Waals surface area contributed by atoms with Crippen molar-refractivity contribution in [2.45, 2.75) is 32.6 Å². The summed E-state index contributed by atoms with van der Waals surface area (Å²) < 4.78 is 5.77. The number of benzene rings is 1. The van der Waals surface area contributed by atoms with Crippen LogP contribution in [0.3, 0.4) is 0 Å². The van der Waals surface area contributed by atoms with Crippen molar-refractivity contribution in [3.8, 4) is 0 Å². The van der Waals surface area contributed by atoms with Crippen molar-refractivity contribution in [1.29, 1.82) is 0 Å². The van der Waals surface area contributed by atoms with Gasteiger partial charge in [0.25, 0.3) is 0 Å². The highest BCUT2D eigenvalue weighted by Crippen LogP contribution is 2.41. The number of rotatable bonds is 3. The summed E-state index contributed by atoms with van der Waals surface area (Å²) in [6.07, 6.45) is 6.22. The third-order valence-electron chi connectivity index (χ3n) is 5.78. The van der Waals surface area contributed by atoms with Gasteiger partial charge in [-0.25, -0.2) is 4.79 Å². The summed E-state index contributed by atoms with van der Waals surface area (Å²) in [5, 5.41) is 0.733. The zero-order valence-corrected chi connectivity index (χ0v) is 14.3. The number of esters is 1. The zero-order chi connectivity index (χ0) is 16.0. The van der Waals surface area contributed by atoms with E-state index in [2.05, 4.69) is 4.90 Å². The molecule has 1 aromatic rings. The predicted octanol–water partition coefficient (Wildman–Crippen LogP) is 3.62. The Hall–Kier alpha value is -1.32. The van der Waals surface area contributed by atoms with E-state index in [4.69, 9.17) is 16.3 Å². The van der Waals surface area contributed by atoms with Crippen LogP contribution >= 0.6 is 11.6 Å². The number of carbonyl (C=O) groups is 1. The van der Waals surface area contributed by atoms with E-state index in [1.807, 2.05) is 25.1 Å². The molecule has 1 aliphatic carbocycles. The van der Waals surface area contributed by atoms with E-state index in [1.165, 1.54) is 0 Å². The van der Waals surface area contributed by atoms with Crippen LogP contribution in [0.25, 0.3) is 5.57 Å². The number of allylic oxidation sites excluding steroid dienone is 1. The van der Waals surface area contributed by atoms with E-state index >= 15 is 0 Å². The van der Waals surface area contributed by atoms with Crippen LogP contribution in [0.4, 0.5) is 0 Å². The van der Waals surface area contributed by atoms with E-state index in [9.17, 15) is 4.79 Å². The number of ether oxygens (including phenoxy) is 1. The molecule has 3 fully saturated rings. The lowest BCUT2D eigenvalue weighted by molar-refractivity contribution is -0.143. The van der Waals surface area contributed by atoms with Crippen LogP contribution in [0.15, 0.2) is 18.2 Å². The minimum absolute atomic E-state index is 0.170. The quantitative estimate of drug-likeness (QED) is 0.792. The van der Waals surface area contributed by atoms with Gasteiger partial charge in [0, 0.05) is 10.4 Å². The lowest BCUT2D eigenvalue weighted by atomic mass is 9.73. The maximum Gasteiger partial charge on any atom is 0.338 e. The molecule has 2 bridgehead atoms. The number of nitrogens with zero attached hydrogens (tertiary/aromatic N) is 1. The molecule has 3 nitrogen and oxygen atoms in total. The van der Waals surface area contributed by atoms with Crippen LogP contribution in [0, 0.1) is 12.3 Å². The van der Waals surface area contributed by atoms with Crippen LogP contribution in [-0.2, 0) is 16.0 Å². The molecule has 0 aromatic heterocycles. The molecule has 0 amide bonds. The third-order valence-corrected chi connectivity index (χ3v) is 6.00. The minimum atomic E-state index is -0.170. The fourth-order valence-corrected chi connectivity index (χ4v) is 4.56. The van der Waals surface area contributed by atoms with E-state index in [0.717, 1.165) is 72.6 Å². The Morgan fingerprint density at radius 1 is 1.26 bits per heavy atom. The summed E-state index contributed by atoms with van der Waals surface area (Å²) in [7, 11) is 0. The van der Waals surface area contributed by atoms with E-state index in [0.29, 0.717) is 6.61 Å². The van der Waals surface area contributed by atoms with Gasteiger partial charge >= 0.3 is 5.97 Å². The molecule has 0 radical (unpaired) electrons. The third kappa shape index (κ3) is 2.70. The van der Waals surface area contributed by atoms with Crippen molar-refractivity contribution in [1.82, 2.24) is 4.90 Å². The molecule has 3 aliphatic heterocycles. The van der Waals surface area contributed by atoms with Gasteiger partial charge in [0.05, 0.1) is 12.2 Å². The van der Waals surface area contributed by atoms with Gasteiger partial charge in [-0.1, -0.05) is 17.7 Å². The van der Waals surface area contributed by atoms with E-state index < -0.39 is 0 Å². The van der Waals surface area contributed by atoms with Crippen LogP contribution in [0.2, 0.25) is 5.02 Å². The first-order valence-electron chi connectivity index (χ1n) is 8.45. The number of halogens is 1. The zero-order valence-electron chi connectivity index (χ0n) is 13.5. The molecule has 1 aromatic carbocycles. The Morgan fingerprint density at radius 2 is 1.96 bits per heavy atom. The average molecular weight is 332 g/mol. The highest BCUT2D eigenvalue weighted by atomic mass is 35.5. The van der Waals surface area contributed by atoms with Crippen LogP contribution in [0.5, 0.6) is 0 Å². The Labute approximate surface area is 142 Å². The Morgan fingerprint density at radius 3 is 2.65 bits per heavy atom. The molecular weight excluding hydrogens is 310 g/mol. The number of carbonyl (C=O) groups excluding carboxylic acids is 1. The van der Waals surface area contributed by atoms with Gasteiger partial charge in [0.15, 0.2) is 0 Å². The fraction of sp³-hybridized carbons (Fsp3) is 0.526. The largest absolute Gasteiger partial charge is 0.461 e. The minimum Gasteiger partial charge on any atom is -0.461 e. The molecule has 3 heterocycles. The maximum absolute atomic E-state index is 12.6. The van der Waals surface area contributed by atoms with Gasteiger partial charge in [-0.2, -0.15) is 0 Å². The summed E-state index contributed by atoms with van der Waals surface area (Å²) in [5.41, 5.74) is 4.15. The van der Waals surface area contributed by atoms with Crippen molar-refractivity contribution in [3.05, 3.63) is 39.9 Å². The number of hydrogen-bond donors (Lipinski definition) is 0. The summed E-state index contributed by atoms with van der Waals surface area (Å²) in [6, 6.07) is 3.87. The summed E-state index contributed by atoms with van der Waals surface area (Å²) in [4.78, 5) is 15.1. The molecule has 5 rings (SSSR count).